The summed E-state index contributed by atoms with van der Waals surface area (Å²) in [4.78, 5) is 10.8. The van der Waals surface area contributed by atoms with Gasteiger partial charge < -0.3 is 15.0 Å². The quantitative estimate of drug-likeness (QED) is 0.505. The van der Waals surface area contributed by atoms with E-state index in [1.165, 1.54) is 51.4 Å². The predicted molar refractivity (Wildman–Crippen MR) is 112 cm³/mol. The second-order valence-electron chi connectivity index (χ2n) is 11.5. The summed E-state index contributed by atoms with van der Waals surface area (Å²) in [6.45, 7) is 6.80. The molecule has 3 heteroatoms. The topological polar surface area (TPSA) is 57.5 Å². The molecule has 4 saturated carbocycles. The molecule has 4 fully saturated rings. The number of fused-ring (bicyclic) bond motifs is 5. The lowest BCUT2D eigenvalue weighted by Gasteiger charge is -2.65. The molecule has 9 atom stereocenters. The van der Waals surface area contributed by atoms with Gasteiger partial charge in [-0.15, -0.1) is 0 Å². The summed E-state index contributed by atoms with van der Waals surface area (Å²) in [6.07, 6.45) is 14.1. The first kappa shape index (κ1) is 20.8. The second-order valence-corrected chi connectivity index (χ2v) is 11.5. The Kier molecular flexibility index (Phi) is 5.49. The average molecular weight is 391 g/mol. The summed E-state index contributed by atoms with van der Waals surface area (Å²) in [5.74, 6) is 2.92. The van der Waals surface area contributed by atoms with Crippen LogP contribution in [0.5, 0.6) is 0 Å². The highest BCUT2D eigenvalue weighted by atomic mass is 16.3. The molecular weight excluding hydrogens is 348 g/mol. The zero-order valence-corrected chi connectivity index (χ0v) is 18.3. The fourth-order valence-corrected chi connectivity index (χ4v) is 9.03. The van der Waals surface area contributed by atoms with Crippen molar-refractivity contribution in [3.8, 4) is 0 Å². The minimum Gasteiger partial charge on any atom is -0.390 e. The summed E-state index contributed by atoms with van der Waals surface area (Å²) >= 11 is 0. The number of aliphatic hydroxyl groups is 2. The van der Waals surface area contributed by atoms with Gasteiger partial charge in [-0.3, -0.25) is 0 Å². The molecular formula is C25H42O3. The van der Waals surface area contributed by atoms with Crippen molar-refractivity contribution in [1.29, 1.82) is 0 Å². The third kappa shape index (κ3) is 2.94. The largest absolute Gasteiger partial charge is 0.390 e. The molecule has 160 valence electrons. The summed E-state index contributed by atoms with van der Waals surface area (Å²) in [7, 11) is 0. The third-order valence-corrected chi connectivity index (χ3v) is 10.5. The Morgan fingerprint density at radius 3 is 2.50 bits per heavy atom. The van der Waals surface area contributed by atoms with E-state index in [1.54, 1.807) is 0 Å². The van der Waals surface area contributed by atoms with Crippen molar-refractivity contribution in [2.45, 2.75) is 110 Å². The normalized spacial score (nSPS) is 51.7. The molecule has 2 N–H and O–H groups in total. The Morgan fingerprint density at radius 2 is 1.79 bits per heavy atom. The van der Waals surface area contributed by atoms with Crippen LogP contribution in [0.3, 0.4) is 0 Å². The third-order valence-electron chi connectivity index (χ3n) is 10.5. The van der Waals surface area contributed by atoms with Gasteiger partial charge in [0.25, 0.3) is 0 Å². The standard InChI is InChI=1S/C25H42O3/c1-17(27)25(28)16-19-20-11-10-18(8-5-7-15-26)23(20,2)14-12-21(19)24(3)13-6-4-9-22(24)25/h15,17-22,27-28H,4-14,16H2,1-3H3/t17?,18?,19?,20?,21-,22?,23?,24?,25-/m0/s1. The molecule has 0 aliphatic heterocycles. The molecule has 0 amide bonds. The Hall–Kier alpha value is -0.410. The first-order valence-corrected chi connectivity index (χ1v) is 12.1. The number of hydrogen-bond donors (Lipinski definition) is 2. The van der Waals surface area contributed by atoms with Crippen LogP contribution in [0.15, 0.2) is 0 Å². The van der Waals surface area contributed by atoms with Crippen LogP contribution in [0, 0.1) is 40.4 Å². The predicted octanol–water partition coefficient (Wildman–Crippen LogP) is 5.13. The van der Waals surface area contributed by atoms with Crippen LogP contribution in [0.4, 0.5) is 0 Å². The van der Waals surface area contributed by atoms with Gasteiger partial charge in [0.2, 0.25) is 0 Å². The van der Waals surface area contributed by atoms with Crippen LogP contribution >= 0.6 is 0 Å². The lowest BCUT2D eigenvalue weighted by molar-refractivity contribution is -0.235. The fraction of sp³-hybridized carbons (Fsp3) is 0.960. The van der Waals surface area contributed by atoms with Gasteiger partial charge in [-0.1, -0.05) is 26.7 Å². The van der Waals surface area contributed by atoms with E-state index < -0.39 is 11.7 Å². The molecule has 28 heavy (non-hydrogen) atoms. The molecule has 4 aliphatic rings. The number of aldehydes is 1. The zero-order valence-electron chi connectivity index (χ0n) is 18.3. The molecule has 0 radical (unpaired) electrons. The lowest BCUT2D eigenvalue weighted by atomic mass is 9.41. The highest BCUT2D eigenvalue weighted by Crippen LogP contribution is 2.69. The van der Waals surface area contributed by atoms with Gasteiger partial charge in [0.05, 0.1) is 11.7 Å². The number of rotatable bonds is 5. The molecule has 4 aliphatic carbocycles. The Bertz CT molecular complexity index is 588. The van der Waals surface area contributed by atoms with Gasteiger partial charge in [0, 0.05) is 6.42 Å². The average Bonchev–Trinajstić information content (AvgIpc) is 2.99. The van der Waals surface area contributed by atoms with E-state index in [4.69, 9.17) is 0 Å². The van der Waals surface area contributed by atoms with Crippen LogP contribution in [0.2, 0.25) is 0 Å². The fourth-order valence-electron chi connectivity index (χ4n) is 9.03. The lowest BCUT2D eigenvalue weighted by Crippen LogP contribution is -2.65. The second kappa shape index (κ2) is 7.38. The smallest absolute Gasteiger partial charge is 0.119 e. The van der Waals surface area contributed by atoms with Crippen LogP contribution < -0.4 is 0 Å². The summed E-state index contributed by atoms with van der Waals surface area (Å²) in [6, 6.07) is 0. The maximum Gasteiger partial charge on any atom is 0.119 e. The Morgan fingerprint density at radius 1 is 1.04 bits per heavy atom. The van der Waals surface area contributed by atoms with Crippen LogP contribution in [0.25, 0.3) is 0 Å². The van der Waals surface area contributed by atoms with Crippen molar-refractivity contribution in [2.75, 3.05) is 0 Å². The van der Waals surface area contributed by atoms with Crippen molar-refractivity contribution in [2.24, 2.45) is 40.4 Å². The molecule has 0 aromatic carbocycles. The summed E-state index contributed by atoms with van der Waals surface area (Å²) in [5.41, 5.74) is -0.366. The van der Waals surface area contributed by atoms with Gasteiger partial charge in [-0.25, -0.2) is 0 Å². The first-order valence-electron chi connectivity index (χ1n) is 12.1. The molecule has 3 nitrogen and oxygen atoms in total. The minimum atomic E-state index is -0.913. The molecule has 0 heterocycles. The molecule has 0 saturated heterocycles. The Labute approximate surface area is 171 Å². The van der Waals surface area contributed by atoms with Crippen LogP contribution in [0.1, 0.15) is 97.8 Å². The maximum atomic E-state index is 11.8. The first-order chi connectivity index (χ1) is 13.3. The molecule has 0 aromatic rings. The van der Waals surface area contributed by atoms with Gasteiger partial charge in [-0.05, 0) is 105 Å². The number of aliphatic hydroxyl groups excluding tert-OH is 1. The van der Waals surface area contributed by atoms with Crippen molar-refractivity contribution in [3.63, 3.8) is 0 Å². The van der Waals surface area contributed by atoms with Gasteiger partial charge in [0.15, 0.2) is 0 Å². The molecule has 0 bridgehead atoms. The molecule has 7 unspecified atom stereocenters. The number of unbranched alkanes of at least 4 members (excludes halogenated alkanes) is 1. The molecule has 0 spiro atoms. The number of carbonyl (C=O) groups is 1. The van der Waals surface area contributed by atoms with Crippen molar-refractivity contribution in [1.82, 2.24) is 0 Å². The van der Waals surface area contributed by atoms with E-state index in [-0.39, 0.29) is 11.3 Å². The van der Waals surface area contributed by atoms with Gasteiger partial charge in [-0.2, -0.15) is 0 Å². The van der Waals surface area contributed by atoms with Crippen molar-refractivity contribution in [3.05, 3.63) is 0 Å². The van der Waals surface area contributed by atoms with E-state index in [2.05, 4.69) is 13.8 Å². The van der Waals surface area contributed by atoms with Crippen LogP contribution in [-0.4, -0.2) is 28.2 Å². The maximum absolute atomic E-state index is 11.8. The van der Waals surface area contributed by atoms with Gasteiger partial charge in [0.1, 0.15) is 6.29 Å². The zero-order chi connectivity index (χ0) is 20.2. The summed E-state index contributed by atoms with van der Waals surface area (Å²) in [5, 5.41) is 22.5. The van der Waals surface area contributed by atoms with E-state index in [0.717, 1.165) is 31.5 Å². The van der Waals surface area contributed by atoms with E-state index >= 15 is 0 Å². The molecule has 4 rings (SSSR count). The Balaban J connectivity index is 1.63. The minimum absolute atomic E-state index is 0.184. The van der Waals surface area contributed by atoms with Crippen molar-refractivity contribution >= 4 is 6.29 Å². The van der Waals surface area contributed by atoms with Crippen molar-refractivity contribution < 1.29 is 15.0 Å². The van der Waals surface area contributed by atoms with Gasteiger partial charge >= 0.3 is 0 Å². The number of carbonyl (C=O) groups excluding carboxylic acids is 1. The van der Waals surface area contributed by atoms with Crippen LogP contribution in [-0.2, 0) is 4.79 Å². The van der Waals surface area contributed by atoms with E-state index in [0.29, 0.717) is 29.6 Å². The summed E-state index contributed by atoms with van der Waals surface area (Å²) < 4.78 is 0. The molecule has 0 aromatic heterocycles. The SMILES string of the molecule is CC(O)[C@@]1(O)CC2C3CCC(CCCC=O)C3(C)CC[C@@H]2C2(C)CCCCC21. The van der Waals surface area contributed by atoms with E-state index in [9.17, 15) is 15.0 Å². The monoisotopic (exact) mass is 390 g/mol. The highest BCUT2D eigenvalue weighted by Gasteiger charge is 2.65. The highest BCUT2D eigenvalue weighted by molar-refractivity contribution is 5.48. The number of hydrogen-bond acceptors (Lipinski definition) is 3. The van der Waals surface area contributed by atoms with E-state index in [1.807, 2.05) is 6.92 Å².